The molecule has 140 valence electrons. The van der Waals surface area contributed by atoms with Crippen molar-refractivity contribution in [2.24, 2.45) is 5.92 Å². The van der Waals surface area contributed by atoms with Crippen LogP contribution in [0.15, 0.2) is 24.3 Å². The summed E-state index contributed by atoms with van der Waals surface area (Å²) in [6, 6.07) is 7.59. The predicted octanol–water partition coefficient (Wildman–Crippen LogP) is 3.82. The van der Waals surface area contributed by atoms with Crippen molar-refractivity contribution < 1.29 is 9.53 Å². The molecule has 1 saturated carbocycles. The van der Waals surface area contributed by atoms with Crippen molar-refractivity contribution in [3.63, 3.8) is 0 Å². The SMILES string of the molecule is CC1CCC(OC2CCN(C(=O)Cc3ccc(N)cc3)CC2)CC1.Cl. The van der Waals surface area contributed by atoms with Crippen LogP contribution in [0.4, 0.5) is 5.69 Å². The van der Waals surface area contributed by atoms with E-state index in [1.165, 1.54) is 25.7 Å². The summed E-state index contributed by atoms with van der Waals surface area (Å²) in [7, 11) is 0. The summed E-state index contributed by atoms with van der Waals surface area (Å²) < 4.78 is 6.29. The Hall–Kier alpha value is -1.26. The zero-order valence-electron chi connectivity index (χ0n) is 15.2. The number of amides is 1. The molecular weight excluding hydrogens is 336 g/mol. The number of nitrogens with two attached hydrogens (primary N) is 1. The Kier molecular flexibility index (Phi) is 7.57. The Morgan fingerprint density at radius 1 is 1.04 bits per heavy atom. The average molecular weight is 367 g/mol. The Balaban J connectivity index is 0.00000225. The zero-order chi connectivity index (χ0) is 16.9. The minimum atomic E-state index is 0. The molecule has 2 aliphatic rings. The molecule has 1 saturated heterocycles. The maximum absolute atomic E-state index is 12.4. The van der Waals surface area contributed by atoms with Crippen LogP contribution in [0.5, 0.6) is 0 Å². The van der Waals surface area contributed by atoms with Crippen LogP contribution in [0.2, 0.25) is 0 Å². The molecule has 4 nitrogen and oxygen atoms in total. The normalized spacial score (nSPS) is 24.6. The number of hydrogen-bond donors (Lipinski definition) is 1. The van der Waals surface area contributed by atoms with Gasteiger partial charge in [-0.15, -0.1) is 12.4 Å². The summed E-state index contributed by atoms with van der Waals surface area (Å²) in [5.74, 6) is 1.07. The van der Waals surface area contributed by atoms with Gasteiger partial charge in [0.2, 0.25) is 5.91 Å². The molecule has 2 N–H and O–H groups in total. The van der Waals surface area contributed by atoms with Crippen LogP contribution >= 0.6 is 12.4 Å². The standard InChI is InChI=1S/C20H30N2O2.ClH/c1-15-2-8-18(9-3-15)24-19-10-12-22(13-11-19)20(23)14-16-4-6-17(21)7-5-16;/h4-7,15,18-19H,2-3,8-14,21H2,1H3;1H. The van der Waals surface area contributed by atoms with Crippen molar-refractivity contribution >= 4 is 24.0 Å². The van der Waals surface area contributed by atoms with Crippen molar-refractivity contribution in [1.29, 1.82) is 0 Å². The van der Waals surface area contributed by atoms with Gasteiger partial charge in [0.15, 0.2) is 0 Å². The van der Waals surface area contributed by atoms with Gasteiger partial charge in [-0.3, -0.25) is 4.79 Å². The molecule has 1 heterocycles. The van der Waals surface area contributed by atoms with E-state index < -0.39 is 0 Å². The molecule has 0 atom stereocenters. The van der Waals surface area contributed by atoms with Gasteiger partial charge in [0.25, 0.3) is 0 Å². The first kappa shape index (κ1) is 20.1. The smallest absolute Gasteiger partial charge is 0.226 e. The summed E-state index contributed by atoms with van der Waals surface area (Å²) >= 11 is 0. The number of anilines is 1. The van der Waals surface area contributed by atoms with Gasteiger partial charge in [-0.1, -0.05) is 19.1 Å². The van der Waals surface area contributed by atoms with Gasteiger partial charge < -0.3 is 15.4 Å². The van der Waals surface area contributed by atoms with Crippen LogP contribution in [-0.2, 0) is 16.0 Å². The van der Waals surface area contributed by atoms with Crippen molar-refractivity contribution in [3.8, 4) is 0 Å². The molecule has 2 fully saturated rings. The van der Waals surface area contributed by atoms with Crippen molar-refractivity contribution in [2.45, 2.75) is 64.1 Å². The van der Waals surface area contributed by atoms with Crippen LogP contribution < -0.4 is 5.73 Å². The highest BCUT2D eigenvalue weighted by atomic mass is 35.5. The highest BCUT2D eigenvalue weighted by Crippen LogP contribution is 2.28. The Bertz CT molecular complexity index is 533. The number of nitrogens with zero attached hydrogens (tertiary/aromatic N) is 1. The van der Waals surface area contributed by atoms with E-state index in [0.717, 1.165) is 43.1 Å². The van der Waals surface area contributed by atoms with Gasteiger partial charge in [-0.25, -0.2) is 0 Å². The fraction of sp³-hybridized carbons (Fsp3) is 0.650. The molecule has 0 unspecified atom stereocenters. The van der Waals surface area contributed by atoms with E-state index in [0.29, 0.717) is 18.6 Å². The maximum Gasteiger partial charge on any atom is 0.226 e. The van der Waals surface area contributed by atoms with E-state index in [-0.39, 0.29) is 18.3 Å². The first-order valence-corrected chi connectivity index (χ1v) is 9.38. The number of benzene rings is 1. The zero-order valence-corrected chi connectivity index (χ0v) is 16.0. The summed E-state index contributed by atoms with van der Waals surface area (Å²) in [4.78, 5) is 14.4. The first-order valence-electron chi connectivity index (χ1n) is 9.38. The molecule has 1 aromatic rings. The largest absolute Gasteiger partial charge is 0.399 e. The van der Waals surface area contributed by atoms with Gasteiger partial charge in [0.05, 0.1) is 18.6 Å². The second kappa shape index (κ2) is 9.44. The monoisotopic (exact) mass is 366 g/mol. The maximum atomic E-state index is 12.4. The minimum Gasteiger partial charge on any atom is -0.399 e. The lowest BCUT2D eigenvalue weighted by molar-refractivity contribution is -0.134. The van der Waals surface area contributed by atoms with E-state index in [9.17, 15) is 4.79 Å². The van der Waals surface area contributed by atoms with E-state index in [2.05, 4.69) is 6.92 Å². The molecule has 1 aromatic carbocycles. The first-order chi connectivity index (χ1) is 11.6. The van der Waals surface area contributed by atoms with Gasteiger partial charge in [-0.2, -0.15) is 0 Å². The van der Waals surface area contributed by atoms with Gasteiger partial charge >= 0.3 is 0 Å². The van der Waals surface area contributed by atoms with E-state index in [1.54, 1.807) is 0 Å². The molecule has 0 bridgehead atoms. The number of ether oxygens (including phenoxy) is 1. The number of halogens is 1. The Labute approximate surface area is 157 Å². The Morgan fingerprint density at radius 2 is 1.60 bits per heavy atom. The molecule has 5 heteroatoms. The third kappa shape index (κ3) is 5.89. The summed E-state index contributed by atoms with van der Waals surface area (Å²) in [6.45, 7) is 3.98. The molecule has 0 radical (unpaired) electrons. The number of likely N-dealkylation sites (tertiary alicyclic amines) is 1. The molecule has 0 spiro atoms. The Morgan fingerprint density at radius 3 is 2.20 bits per heavy atom. The van der Waals surface area contributed by atoms with Crippen LogP contribution in [-0.4, -0.2) is 36.1 Å². The van der Waals surface area contributed by atoms with Gasteiger partial charge in [-0.05, 0) is 62.1 Å². The lowest BCUT2D eigenvalue weighted by atomic mass is 9.88. The second-order valence-electron chi connectivity index (χ2n) is 7.52. The molecular formula is C20H31ClN2O2. The van der Waals surface area contributed by atoms with E-state index in [1.807, 2.05) is 29.2 Å². The number of piperidine rings is 1. The predicted molar refractivity (Wildman–Crippen MR) is 104 cm³/mol. The summed E-state index contributed by atoms with van der Waals surface area (Å²) in [5.41, 5.74) is 7.46. The highest BCUT2D eigenvalue weighted by molar-refractivity contribution is 5.85. The third-order valence-electron chi connectivity index (χ3n) is 5.48. The van der Waals surface area contributed by atoms with E-state index in [4.69, 9.17) is 10.5 Å². The molecule has 25 heavy (non-hydrogen) atoms. The number of carbonyl (C=O) groups excluding carboxylic acids is 1. The molecule has 1 amide bonds. The fourth-order valence-electron chi connectivity index (χ4n) is 3.80. The minimum absolute atomic E-state index is 0. The number of carbonyl (C=O) groups is 1. The molecule has 1 aliphatic carbocycles. The molecule has 0 aromatic heterocycles. The van der Waals surface area contributed by atoms with Crippen molar-refractivity contribution in [2.75, 3.05) is 18.8 Å². The third-order valence-corrected chi connectivity index (χ3v) is 5.48. The number of hydrogen-bond acceptors (Lipinski definition) is 3. The summed E-state index contributed by atoms with van der Waals surface area (Å²) in [5, 5.41) is 0. The number of nitrogen functional groups attached to an aromatic ring is 1. The van der Waals surface area contributed by atoms with Gasteiger partial charge in [0, 0.05) is 18.8 Å². The van der Waals surface area contributed by atoms with Crippen LogP contribution in [0.3, 0.4) is 0 Å². The fourth-order valence-corrected chi connectivity index (χ4v) is 3.80. The molecule has 3 rings (SSSR count). The number of rotatable bonds is 4. The van der Waals surface area contributed by atoms with Crippen LogP contribution in [0, 0.1) is 5.92 Å². The van der Waals surface area contributed by atoms with Gasteiger partial charge in [0.1, 0.15) is 0 Å². The molecule has 1 aliphatic heterocycles. The van der Waals surface area contributed by atoms with Crippen LogP contribution in [0.25, 0.3) is 0 Å². The van der Waals surface area contributed by atoms with Crippen LogP contribution in [0.1, 0.15) is 51.0 Å². The van der Waals surface area contributed by atoms with E-state index >= 15 is 0 Å². The quantitative estimate of drug-likeness (QED) is 0.824. The summed E-state index contributed by atoms with van der Waals surface area (Å²) in [6.07, 6.45) is 8.19. The highest BCUT2D eigenvalue weighted by Gasteiger charge is 2.27. The lowest BCUT2D eigenvalue weighted by Gasteiger charge is -2.35. The average Bonchev–Trinajstić information content (AvgIpc) is 2.59. The van der Waals surface area contributed by atoms with Crippen molar-refractivity contribution in [3.05, 3.63) is 29.8 Å². The lowest BCUT2D eigenvalue weighted by Crippen LogP contribution is -2.42. The van der Waals surface area contributed by atoms with Crippen molar-refractivity contribution in [1.82, 2.24) is 4.90 Å². The topological polar surface area (TPSA) is 55.6 Å². The second-order valence-corrected chi connectivity index (χ2v) is 7.52.